The maximum absolute atomic E-state index is 12.5. The summed E-state index contributed by atoms with van der Waals surface area (Å²) in [5, 5.41) is 5.31. The van der Waals surface area contributed by atoms with E-state index in [1.54, 1.807) is 0 Å². The summed E-state index contributed by atoms with van der Waals surface area (Å²) in [6, 6.07) is 6.83. The first-order valence-corrected chi connectivity index (χ1v) is 8.21. The Morgan fingerprint density at radius 3 is 2.69 bits per heavy atom. The third-order valence-corrected chi connectivity index (χ3v) is 3.76. The predicted octanol–water partition coefficient (Wildman–Crippen LogP) is 2.27. The van der Waals surface area contributed by atoms with E-state index in [-0.39, 0.29) is 6.54 Å². The highest BCUT2D eigenvalue weighted by molar-refractivity contribution is 6.00. The third-order valence-electron chi connectivity index (χ3n) is 3.76. The second kappa shape index (κ2) is 8.75. The zero-order chi connectivity index (χ0) is 19.1. The highest BCUT2D eigenvalue weighted by Crippen LogP contribution is 2.23. The van der Waals surface area contributed by atoms with Gasteiger partial charge in [0, 0.05) is 11.9 Å². The number of fused-ring (bicyclic) bond motifs is 1. The number of rotatable bonds is 6. The molecule has 0 saturated carbocycles. The second-order valence-electron chi connectivity index (χ2n) is 5.55. The van der Waals surface area contributed by atoms with Crippen molar-refractivity contribution < 1.29 is 19.1 Å². The SMILES string of the molecule is C=CCNC(=O)NC(=O)COC(=O)c1c(CC)nc2ccccc2c1C. The van der Waals surface area contributed by atoms with Gasteiger partial charge < -0.3 is 10.1 Å². The lowest BCUT2D eigenvalue weighted by atomic mass is 10.0. The summed E-state index contributed by atoms with van der Waals surface area (Å²) >= 11 is 0. The van der Waals surface area contributed by atoms with E-state index in [1.165, 1.54) is 6.08 Å². The van der Waals surface area contributed by atoms with Crippen LogP contribution in [0.2, 0.25) is 0 Å². The molecule has 0 fully saturated rings. The maximum Gasteiger partial charge on any atom is 0.340 e. The summed E-state index contributed by atoms with van der Waals surface area (Å²) in [4.78, 5) is 40.1. The van der Waals surface area contributed by atoms with Crippen LogP contribution in [-0.4, -0.2) is 36.0 Å². The van der Waals surface area contributed by atoms with E-state index in [2.05, 4.69) is 22.2 Å². The van der Waals surface area contributed by atoms with Gasteiger partial charge in [-0.15, -0.1) is 6.58 Å². The Morgan fingerprint density at radius 1 is 1.27 bits per heavy atom. The van der Waals surface area contributed by atoms with Crippen LogP contribution in [0.1, 0.15) is 28.5 Å². The van der Waals surface area contributed by atoms with Crippen molar-refractivity contribution in [3.05, 3.63) is 53.7 Å². The minimum absolute atomic E-state index is 0.223. The standard InChI is InChI=1S/C19H21N3O4/c1-4-10-20-19(25)22-16(23)11-26-18(24)17-12(3)13-8-6-7-9-15(13)21-14(17)5-2/h4,6-9H,1,5,10-11H2,2-3H3,(H2,20,22,23,25). The third kappa shape index (κ3) is 4.44. The molecular formula is C19H21N3O4. The second-order valence-corrected chi connectivity index (χ2v) is 5.55. The van der Waals surface area contributed by atoms with E-state index in [1.807, 2.05) is 38.1 Å². The quantitative estimate of drug-likeness (QED) is 0.612. The lowest BCUT2D eigenvalue weighted by molar-refractivity contribution is -0.123. The predicted molar refractivity (Wildman–Crippen MR) is 97.9 cm³/mol. The van der Waals surface area contributed by atoms with Gasteiger partial charge in [0.25, 0.3) is 5.91 Å². The molecule has 2 rings (SSSR count). The monoisotopic (exact) mass is 355 g/mol. The van der Waals surface area contributed by atoms with Crippen molar-refractivity contribution >= 4 is 28.8 Å². The Balaban J connectivity index is 2.12. The molecule has 0 aliphatic rings. The van der Waals surface area contributed by atoms with Crippen molar-refractivity contribution in [1.82, 2.24) is 15.6 Å². The first-order valence-electron chi connectivity index (χ1n) is 8.21. The molecule has 0 unspecified atom stereocenters. The molecular weight excluding hydrogens is 334 g/mol. The molecule has 0 aliphatic carbocycles. The van der Waals surface area contributed by atoms with Crippen molar-refractivity contribution in [2.75, 3.05) is 13.2 Å². The molecule has 0 bridgehead atoms. The number of imide groups is 1. The van der Waals surface area contributed by atoms with Crippen LogP contribution in [0.5, 0.6) is 0 Å². The zero-order valence-corrected chi connectivity index (χ0v) is 14.8. The Hall–Kier alpha value is -3.22. The Kier molecular flexibility index (Phi) is 6.43. The number of hydrogen-bond acceptors (Lipinski definition) is 5. The molecule has 0 spiro atoms. The highest BCUT2D eigenvalue weighted by atomic mass is 16.5. The number of urea groups is 1. The lowest BCUT2D eigenvalue weighted by Gasteiger charge is -2.13. The minimum Gasteiger partial charge on any atom is -0.452 e. The summed E-state index contributed by atoms with van der Waals surface area (Å²) in [5.41, 5.74) is 2.52. The molecule has 0 atom stereocenters. The van der Waals surface area contributed by atoms with Gasteiger partial charge in [-0.2, -0.15) is 0 Å². The van der Waals surface area contributed by atoms with E-state index in [9.17, 15) is 14.4 Å². The molecule has 1 aromatic carbocycles. The summed E-state index contributed by atoms with van der Waals surface area (Å²) in [6.07, 6.45) is 2.03. The molecule has 7 nitrogen and oxygen atoms in total. The first-order chi connectivity index (χ1) is 12.5. The smallest absolute Gasteiger partial charge is 0.340 e. The maximum atomic E-state index is 12.5. The summed E-state index contributed by atoms with van der Waals surface area (Å²) in [7, 11) is 0. The van der Waals surface area contributed by atoms with Gasteiger partial charge in [-0.1, -0.05) is 31.2 Å². The number of pyridine rings is 1. The number of benzene rings is 1. The van der Waals surface area contributed by atoms with Gasteiger partial charge in [-0.05, 0) is 25.0 Å². The Labute approximate surface area is 151 Å². The van der Waals surface area contributed by atoms with Crippen molar-refractivity contribution in [3.8, 4) is 0 Å². The van der Waals surface area contributed by atoms with Crippen LogP contribution < -0.4 is 10.6 Å². The van der Waals surface area contributed by atoms with Gasteiger partial charge in [0.1, 0.15) is 0 Å². The van der Waals surface area contributed by atoms with Gasteiger partial charge >= 0.3 is 12.0 Å². The number of ether oxygens (including phenoxy) is 1. The van der Waals surface area contributed by atoms with Gasteiger partial charge in [-0.3, -0.25) is 15.1 Å². The number of para-hydroxylation sites is 1. The van der Waals surface area contributed by atoms with Crippen LogP contribution in [0, 0.1) is 6.92 Å². The van der Waals surface area contributed by atoms with Crippen LogP contribution >= 0.6 is 0 Å². The van der Waals surface area contributed by atoms with E-state index >= 15 is 0 Å². The normalized spacial score (nSPS) is 10.2. The highest BCUT2D eigenvalue weighted by Gasteiger charge is 2.20. The fourth-order valence-electron chi connectivity index (χ4n) is 2.54. The molecule has 1 heterocycles. The fourth-order valence-corrected chi connectivity index (χ4v) is 2.54. The van der Waals surface area contributed by atoms with Crippen LogP contribution in [-0.2, 0) is 16.0 Å². The minimum atomic E-state index is -0.718. The number of esters is 1. The molecule has 1 aromatic heterocycles. The number of aromatic nitrogens is 1. The number of nitrogens with zero attached hydrogens (tertiary/aromatic N) is 1. The van der Waals surface area contributed by atoms with Crippen LogP contribution in [0.25, 0.3) is 10.9 Å². The molecule has 136 valence electrons. The summed E-state index contributed by atoms with van der Waals surface area (Å²) < 4.78 is 5.08. The largest absolute Gasteiger partial charge is 0.452 e. The molecule has 0 saturated heterocycles. The van der Waals surface area contributed by atoms with E-state index in [0.29, 0.717) is 17.7 Å². The van der Waals surface area contributed by atoms with Crippen LogP contribution in [0.4, 0.5) is 4.79 Å². The van der Waals surface area contributed by atoms with E-state index in [4.69, 9.17) is 4.74 Å². The average Bonchev–Trinajstić information content (AvgIpc) is 2.64. The van der Waals surface area contributed by atoms with Crippen molar-refractivity contribution in [2.45, 2.75) is 20.3 Å². The number of carbonyl (C=O) groups excluding carboxylic acids is 3. The van der Waals surface area contributed by atoms with E-state index < -0.39 is 24.5 Å². The average molecular weight is 355 g/mol. The molecule has 26 heavy (non-hydrogen) atoms. The number of aryl methyl sites for hydroxylation is 2. The molecule has 3 amide bonds. The molecule has 0 aliphatic heterocycles. The van der Waals surface area contributed by atoms with E-state index in [0.717, 1.165) is 16.5 Å². The number of hydrogen-bond donors (Lipinski definition) is 2. The van der Waals surface area contributed by atoms with Gasteiger partial charge in [-0.25, -0.2) is 9.59 Å². The number of carbonyl (C=O) groups is 3. The molecule has 0 radical (unpaired) electrons. The fraction of sp³-hybridized carbons (Fsp3) is 0.263. The zero-order valence-electron chi connectivity index (χ0n) is 14.8. The first kappa shape index (κ1) is 19.1. The summed E-state index contributed by atoms with van der Waals surface area (Å²) in [5.74, 6) is -1.36. The van der Waals surface area contributed by atoms with Gasteiger partial charge in [0.2, 0.25) is 0 Å². The summed E-state index contributed by atoms with van der Waals surface area (Å²) in [6.45, 7) is 6.83. The lowest BCUT2D eigenvalue weighted by Crippen LogP contribution is -2.41. The molecule has 7 heteroatoms. The van der Waals surface area contributed by atoms with Gasteiger partial charge in [0.05, 0.1) is 16.8 Å². The number of nitrogens with one attached hydrogen (secondary N) is 2. The van der Waals surface area contributed by atoms with Crippen molar-refractivity contribution in [2.24, 2.45) is 0 Å². The van der Waals surface area contributed by atoms with Gasteiger partial charge in [0.15, 0.2) is 6.61 Å². The topological polar surface area (TPSA) is 97.4 Å². The Bertz CT molecular complexity index is 861. The Morgan fingerprint density at radius 2 is 2.00 bits per heavy atom. The molecule has 2 N–H and O–H groups in total. The van der Waals surface area contributed by atoms with Crippen LogP contribution in [0.15, 0.2) is 36.9 Å². The van der Waals surface area contributed by atoms with Crippen molar-refractivity contribution in [3.63, 3.8) is 0 Å². The number of amides is 3. The molecule has 2 aromatic rings. The van der Waals surface area contributed by atoms with Crippen LogP contribution in [0.3, 0.4) is 0 Å². The van der Waals surface area contributed by atoms with Crippen molar-refractivity contribution in [1.29, 1.82) is 0 Å².